The summed E-state index contributed by atoms with van der Waals surface area (Å²) in [7, 11) is 0. The molecule has 4 nitrogen and oxygen atoms in total. The average Bonchev–Trinajstić information content (AvgIpc) is 3.41. The van der Waals surface area contributed by atoms with Crippen LogP contribution in [0.4, 0.5) is 0 Å². The number of hydrogen-bond donors (Lipinski definition) is 0. The second kappa shape index (κ2) is 7.58. The van der Waals surface area contributed by atoms with Crippen molar-refractivity contribution in [3.05, 3.63) is 65.5 Å². The van der Waals surface area contributed by atoms with Crippen molar-refractivity contribution in [1.82, 2.24) is 9.88 Å². The molecule has 2 heterocycles. The van der Waals surface area contributed by atoms with Crippen LogP contribution in [0.2, 0.25) is 0 Å². The van der Waals surface area contributed by atoms with Crippen molar-refractivity contribution >= 4 is 5.91 Å². The highest BCUT2D eigenvalue weighted by atomic mass is 16.5. The number of carbonyl (C=O) groups is 1. The van der Waals surface area contributed by atoms with Crippen LogP contribution in [-0.4, -0.2) is 41.1 Å². The molecule has 2 aliphatic rings. The summed E-state index contributed by atoms with van der Waals surface area (Å²) in [5.41, 5.74) is 2.65. The summed E-state index contributed by atoms with van der Waals surface area (Å²) in [4.78, 5) is 19.5. The lowest BCUT2D eigenvalue weighted by molar-refractivity contribution is 0.0198. The van der Waals surface area contributed by atoms with Gasteiger partial charge in [-0.1, -0.05) is 36.4 Å². The molecular weight excluding hydrogens is 324 g/mol. The van der Waals surface area contributed by atoms with Crippen LogP contribution in [0.15, 0.2) is 48.5 Å². The average molecular weight is 350 g/mol. The van der Waals surface area contributed by atoms with Crippen LogP contribution in [0, 0.1) is 12.8 Å². The number of nitrogens with zero attached hydrogens (tertiary/aromatic N) is 2. The van der Waals surface area contributed by atoms with Gasteiger partial charge in [0, 0.05) is 18.8 Å². The van der Waals surface area contributed by atoms with Crippen LogP contribution in [0.1, 0.15) is 41.0 Å². The fourth-order valence-corrected chi connectivity index (χ4v) is 3.72. The van der Waals surface area contributed by atoms with Gasteiger partial charge in [0.2, 0.25) is 0 Å². The molecular formula is C22H26N2O2. The molecule has 1 aliphatic heterocycles. The van der Waals surface area contributed by atoms with Crippen molar-refractivity contribution in [2.45, 2.75) is 44.8 Å². The van der Waals surface area contributed by atoms with Crippen molar-refractivity contribution in [1.29, 1.82) is 0 Å². The van der Waals surface area contributed by atoms with E-state index in [0.717, 1.165) is 37.6 Å². The molecule has 2 fully saturated rings. The predicted octanol–water partition coefficient (Wildman–Crippen LogP) is 3.64. The molecule has 1 amide bonds. The smallest absolute Gasteiger partial charge is 0.272 e. The molecule has 0 unspecified atom stereocenters. The topological polar surface area (TPSA) is 42.4 Å². The summed E-state index contributed by atoms with van der Waals surface area (Å²) < 4.78 is 6.24. The van der Waals surface area contributed by atoms with Crippen LogP contribution in [-0.2, 0) is 11.2 Å². The number of ether oxygens (including phenoxy) is 1. The van der Waals surface area contributed by atoms with Crippen LogP contribution in [0.5, 0.6) is 0 Å². The number of pyridine rings is 1. The van der Waals surface area contributed by atoms with Crippen LogP contribution in [0.25, 0.3) is 0 Å². The van der Waals surface area contributed by atoms with Gasteiger partial charge in [0.05, 0.1) is 12.1 Å². The Morgan fingerprint density at radius 3 is 2.65 bits per heavy atom. The van der Waals surface area contributed by atoms with E-state index in [4.69, 9.17) is 4.74 Å². The largest absolute Gasteiger partial charge is 0.376 e. The van der Waals surface area contributed by atoms with Crippen molar-refractivity contribution in [2.24, 2.45) is 5.92 Å². The molecule has 1 aromatic heterocycles. The first-order valence-electron chi connectivity index (χ1n) is 9.61. The monoisotopic (exact) mass is 350 g/mol. The number of likely N-dealkylation sites (tertiary alicyclic amines) is 1. The molecule has 2 atom stereocenters. The summed E-state index contributed by atoms with van der Waals surface area (Å²) in [5, 5.41) is 0. The van der Waals surface area contributed by atoms with Gasteiger partial charge < -0.3 is 9.64 Å². The van der Waals surface area contributed by atoms with E-state index in [-0.39, 0.29) is 18.1 Å². The molecule has 4 heteroatoms. The number of hydrogen-bond acceptors (Lipinski definition) is 3. The number of amides is 1. The Morgan fingerprint density at radius 1 is 1.12 bits per heavy atom. The Labute approximate surface area is 155 Å². The molecule has 1 aromatic carbocycles. The lowest BCUT2D eigenvalue weighted by Crippen LogP contribution is -2.42. The minimum absolute atomic E-state index is 0.0205. The minimum atomic E-state index is 0.0205. The zero-order valence-electron chi connectivity index (χ0n) is 15.3. The lowest BCUT2D eigenvalue weighted by Gasteiger charge is -2.28. The van der Waals surface area contributed by atoms with E-state index in [1.54, 1.807) is 0 Å². The second-order valence-corrected chi connectivity index (χ2v) is 7.52. The van der Waals surface area contributed by atoms with Gasteiger partial charge in [-0.25, -0.2) is 4.98 Å². The summed E-state index contributed by atoms with van der Waals surface area (Å²) in [6, 6.07) is 16.1. The van der Waals surface area contributed by atoms with Crippen molar-refractivity contribution in [2.75, 3.05) is 13.2 Å². The first-order chi connectivity index (χ1) is 12.7. The van der Waals surface area contributed by atoms with E-state index >= 15 is 0 Å². The van der Waals surface area contributed by atoms with Crippen molar-refractivity contribution in [3.8, 4) is 0 Å². The van der Waals surface area contributed by atoms with Gasteiger partial charge in [-0.05, 0) is 56.2 Å². The quantitative estimate of drug-likeness (QED) is 0.799. The van der Waals surface area contributed by atoms with Gasteiger partial charge in [0.1, 0.15) is 5.69 Å². The van der Waals surface area contributed by atoms with Gasteiger partial charge in [-0.15, -0.1) is 0 Å². The van der Waals surface area contributed by atoms with Gasteiger partial charge in [-0.3, -0.25) is 4.79 Å². The van der Waals surface area contributed by atoms with Crippen molar-refractivity contribution in [3.63, 3.8) is 0 Å². The molecule has 1 saturated carbocycles. The molecule has 26 heavy (non-hydrogen) atoms. The fourth-order valence-electron chi connectivity index (χ4n) is 3.72. The second-order valence-electron chi connectivity index (χ2n) is 7.52. The number of carbonyl (C=O) groups excluding carboxylic acids is 1. The number of aromatic nitrogens is 1. The molecule has 136 valence electrons. The Kier molecular flexibility index (Phi) is 5.02. The first kappa shape index (κ1) is 17.2. The summed E-state index contributed by atoms with van der Waals surface area (Å²) >= 11 is 0. The van der Waals surface area contributed by atoms with E-state index in [2.05, 4.69) is 29.2 Å². The summed E-state index contributed by atoms with van der Waals surface area (Å²) in [6.07, 6.45) is 4.41. The molecule has 1 aliphatic carbocycles. The zero-order valence-corrected chi connectivity index (χ0v) is 15.3. The maximum atomic E-state index is 13.1. The van der Waals surface area contributed by atoms with Crippen LogP contribution < -0.4 is 0 Å². The molecule has 2 aromatic rings. The zero-order chi connectivity index (χ0) is 17.9. The van der Waals surface area contributed by atoms with E-state index in [1.807, 2.05) is 36.1 Å². The highest BCUT2D eigenvalue weighted by Gasteiger charge is 2.39. The van der Waals surface area contributed by atoms with Crippen LogP contribution in [0.3, 0.4) is 0 Å². The minimum Gasteiger partial charge on any atom is -0.376 e. The fraction of sp³-hybridized carbons (Fsp3) is 0.455. The molecule has 0 bridgehead atoms. The number of aryl methyl sites for hydroxylation is 1. The standard InChI is InChI=1S/C22H26N2O2/c1-16-6-5-9-19(23-16)22(25)24-13-12-21(26-15-18-10-11-18)20(24)14-17-7-3-2-4-8-17/h2-9,18,20-21H,10-15H2,1H3/t20-,21+/m0/s1. The number of rotatable bonds is 6. The third kappa shape index (κ3) is 3.96. The summed E-state index contributed by atoms with van der Waals surface area (Å²) in [5.74, 6) is 0.753. The Bertz CT molecular complexity index is 758. The molecule has 0 radical (unpaired) electrons. The Morgan fingerprint density at radius 2 is 1.92 bits per heavy atom. The molecule has 0 N–H and O–H groups in total. The van der Waals surface area contributed by atoms with Gasteiger partial charge in [0.25, 0.3) is 5.91 Å². The highest BCUT2D eigenvalue weighted by Crippen LogP contribution is 2.32. The van der Waals surface area contributed by atoms with Crippen LogP contribution >= 0.6 is 0 Å². The Hall–Kier alpha value is -2.20. The first-order valence-corrected chi connectivity index (χ1v) is 9.61. The third-order valence-corrected chi connectivity index (χ3v) is 5.38. The van der Waals surface area contributed by atoms with Gasteiger partial charge in [0.15, 0.2) is 0 Å². The maximum absolute atomic E-state index is 13.1. The van der Waals surface area contributed by atoms with E-state index in [1.165, 1.54) is 18.4 Å². The molecule has 0 spiro atoms. The molecule has 1 saturated heterocycles. The van der Waals surface area contributed by atoms with Crippen molar-refractivity contribution < 1.29 is 9.53 Å². The third-order valence-electron chi connectivity index (χ3n) is 5.38. The van der Waals surface area contributed by atoms with Gasteiger partial charge in [-0.2, -0.15) is 0 Å². The van der Waals surface area contributed by atoms with E-state index in [9.17, 15) is 4.79 Å². The highest BCUT2D eigenvalue weighted by molar-refractivity contribution is 5.92. The maximum Gasteiger partial charge on any atom is 0.272 e. The van der Waals surface area contributed by atoms with Gasteiger partial charge >= 0.3 is 0 Å². The summed E-state index contributed by atoms with van der Waals surface area (Å²) in [6.45, 7) is 3.49. The Balaban J connectivity index is 1.53. The van der Waals surface area contributed by atoms with E-state index < -0.39 is 0 Å². The number of benzene rings is 1. The normalized spacial score (nSPS) is 22.6. The van der Waals surface area contributed by atoms with E-state index in [0.29, 0.717) is 5.69 Å². The SMILES string of the molecule is Cc1cccc(C(=O)N2CC[C@@H](OCC3CC3)[C@@H]2Cc2ccccc2)n1. The lowest BCUT2D eigenvalue weighted by atomic mass is 10.0. The molecule has 4 rings (SSSR count). The predicted molar refractivity (Wildman–Crippen MR) is 101 cm³/mol.